The molecule has 2 aromatic rings. The highest BCUT2D eigenvalue weighted by molar-refractivity contribution is 7.89. The fourth-order valence-electron chi connectivity index (χ4n) is 1.70. The predicted molar refractivity (Wildman–Crippen MR) is 79.7 cm³/mol. The van der Waals surface area contributed by atoms with Gasteiger partial charge in [-0.3, -0.25) is 5.10 Å². The molecular formula is C12H13Cl2N3O3S. The van der Waals surface area contributed by atoms with Crippen LogP contribution in [0.1, 0.15) is 16.8 Å². The largest absolute Gasteiger partial charge is 0.392 e. The number of nitrogens with zero attached hydrogens (tertiary/aromatic N) is 1. The summed E-state index contributed by atoms with van der Waals surface area (Å²) >= 11 is 11.8. The van der Waals surface area contributed by atoms with Gasteiger partial charge >= 0.3 is 0 Å². The number of aliphatic hydroxyl groups is 1. The van der Waals surface area contributed by atoms with Crippen molar-refractivity contribution in [1.29, 1.82) is 0 Å². The molecule has 1 aromatic heterocycles. The molecule has 0 fully saturated rings. The van der Waals surface area contributed by atoms with Gasteiger partial charge in [0.2, 0.25) is 10.0 Å². The minimum absolute atomic E-state index is 0.00591. The maximum absolute atomic E-state index is 12.3. The normalized spacial score (nSPS) is 11.8. The summed E-state index contributed by atoms with van der Waals surface area (Å²) in [6.45, 7) is 1.49. The maximum Gasteiger partial charge on any atom is 0.242 e. The average molecular weight is 350 g/mol. The summed E-state index contributed by atoms with van der Waals surface area (Å²) in [6, 6.07) is 2.56. The first-order valence-corrected chi connectivity index (χ1v) is 8.16. The monoisotopic (exact) mass is 349 g/mol. The van der Waals surface area contributed by atoms with E-state index in [-0.39, 0.29) is 28.1 Å². The number of aromatic amines is 1. The van der Waals surface area contributed by atoms with Crippen LogP contribution in [-0.4, -0.2) is 23.7 Å². The number of benzene rings is 1. The number of nitrogens with one attached hydrogen (secondary N) is 2. The molecule has 0 amide bonds. The lowest BCUT2D eigenvalue weighted by molar-refractivity contribution is 0.281. The van der Waals surface area contributed by atoms with Crippen LogP contribution in [0.2, 0.25) is 10.0 Å². The fourth-order valence-corrected chi connectivity index (χ4v) is 3.56. The molecule has 114 valence electrons. The van der Waals surface area contributed by atoms with Crippen LogP contribution in [0, 0.1) is 6.92 Å². The number of aryl methyl sites for hydroxylation is 1. The highest BCUT2D eigenvalue weighted by atomic mass is 35.5. The molecule has 0 bridgehead atoms. The Kier molecular flexibility index (Phi) is 4.90. The van der Waals surface area contributed by atoms with E-state index in [0.29, 0.717) is 5.56 Å². The highest BCUT2D eigenvalue weighted by Crippen LogP contribution is 2.28. The molecule has 0 aliphatic rings. The van der Waals surface area contributed by atoms with E-state index in [0.717, 1.165) is 11.3 Å². The number of aliphatic hydroxyl groups excluding tert-OH is 1. The molecule has 0 aliphatic heterocycles. The van der Waals surface area contributed by atoms with E-state index >= 15 is 0 Å². The Morgan fingerprint density at radius 3 is 2.57 bits per heavy atom. The first-order valence-electron chi connectivity index (χ1n) is 5.92. The number of hydrogen-bond acceptors (Lipinski definition) is 4. The summed E-state index contributed by atoms with van der Waals surface area (Å²) in [4.78, 5) is -0.126. The summed E-state index contributed by atoms with van der Waals surface area (Å²) in [6.07, 6.45) is 1.54. The molecule has 6 nitrogen and oxygen atoms in total. The second-order valence-corrected chi connectivity index (χ2v) is 6.93. The van der Waals surface area contributed by atoms with Crippen LogP contribution >= 0.6 is 23.2 Å². The van der Waals surface area contributed by atoms with Crippen molar-refractivity contribution in [2.45, 2.75) is 25.0 Å². The van der Waals surface area contributed by atoms with E-state index in [1.807, 2.05) is 0 Å². The lowest BCUT2D eigenvalue weighted by Gasteiger charge is -2.10. The zero-order valence-corrected chi connectivity index (χ0v) is 13.3. The lowest BCUT2D eigenvalue weighted by atomic mass is 10.2. The molecule has 21 heavy (non-hydrogen) atoms. The molecule has 1 aromatic carbocycles. The van der Waals surface area contributed by atoms with Crippen LogP contribution in [0.3, 0.4) is 0 Å². The predicted octanol–water partition coefficient (Wildman–Crippen LogP) is 2.00. The molecule has 2 rings (SSSR count). The molecule has 0 saturated heterocycles. The molecule has 1 heterocycles. The molecule has 0 spiro atoms. The van der Waals surface area contributed by atoms with Crippen LogP contribution in [0.4, 0.5) is 0 Å². The van der Waals surface area contributed by atoms with Crippen LogP contribution in [0.15, 0.2) is 23.2 Å². The Morgan fingerprint density at radius 2 is 2.00 bits per heavy atom. The molecule has 3 N–H and O–H groups in total. The van der Waals surface area contributed by atoms with Crippen molar-refractivity contribution in [1.82, 2.24) is 14.9 Å². The van der Waals surface area contributed by atoms with Crippen molar-refractivity contribution in [3.63, 3.8) is 0 Å². The minimum Gasteiger partial charge on any atom is -0.392 e. The Hall–Kier alpha value is -1.12. The highest BCUT2D eigenvalue weighted by Gasteiger charge is 2.20. The standard InChI is InChI=1S/C12H13Cl2N3O3S/c1-7-9(4-15-17-7)5-16-21(19,20)12-2-8(6-18)10(13)3-11(12)14/h2-4,16,18H,5-6H2,1H3,(H,15,17). The van der Waals surface area contributed by atoms with Gasteiger partial charge in [-0.25, -0.2) is 13.1 Å². The number of hydrogen-bond donors (Lipinski definition) is 3. The van der Waals surface area contributed by atoms with Crippen molar-refractivity contribution >= 4 is 33.2 Å². The number of aromatic nitrogens is 2. The van der Waals surface area contributed by atoms with E-state index in [4.69, 9.17) is 28.3 Å². The van der Waals surface area contributed by atoms with Crippen LogP contribution in [0.25, 0.3) is 0 Å². The third-order valence-corrected chi connectivity index (χ3v) is 5.17. The first kappa shape index (κ1) is 16.3. The van der Waals surface area contributed by atoms with Gasteiger partial charge in [0.05, 0.1) is 17.8 Å². The van der Waals surface area contributed by atoms with Crippen LogP contribution in [-0.2, 0) is 23.2 Å². The number of halogens is 2. The van der Waals surface area contributed by atoms with Gasteiger partial charge in [0.15, 0.2) is 0 Å². The molecule has 0 atom stereocenters. The quantitative estimate of drug-likeness (QED) is 0.769. The molecule has 9 heteroatoms. The molecule has 0 radical (unpaired) electrons. The van der Waals surface area contributed by atoms with Crippen molar-refractivity contribution in [3.05, 3.63) is 45.2 Å². The topological polar surface area (TPSA) is 95.1 Å². The van der Waals surface area contributed by atoms with Crippen LogP contribution in [0.5, 0.6) is 0 Å². The Bertz CT molecular complexity index is 759. The number of rotatable bonds is 5. The van der Waals surface area contributed by atoms with E-state index in [9.17, 15) is 8.42 Å². The molecular weight excluding hydrogens is 337 g/mol. The third-order valence-electron chi connectivity index (χ3n) is 2.95. The SMILES string of the molecule is Cc1[nH]ncc1CNS(=O)(=O)c1cc(CO)c(Cl)cc1Cl. The van der Waals surface area contributed by atoms with Crippen molar-refractivity contribution in [2.24, 2.45) is 0 Å². The number of H-pyrrole nitrogens is 1. The lowest BCUT2D eigenvalue weighted by Crippen LogP contribution is -2.24. The Balaban J connectivity index is 2.29. The average Bonchev–Trinajstić information content (AvgIpc) is 2.82. The van der Waals surface area contributed by atoms with Gasteiger partial charge in [-0.2, -0.15) is 5.10 Å². The third kappa shape index (κ3) is 3.56. The second-order valence-electron chi connectivity index (χ2n) is 4.38. The van der Waals surface area contributed by atoms with Gasteiger partial charge in [-0.1, -0.05) is 23.2 Å². The first-order chi connectivity index (χ1) is 9.85. The van der Waals surface area contributed by atoms with Crippen LogP contribution < -0.4 is 4.72 Å². The smallest absolute Gasteiger partial charge is 0.242 e. The molecule has 0 saturated carbocycles. The molecule has 0 unspecified atom stereocenters. The number of sulfonamides is 1. The van der Waals surface area contributed by atoms with E-state index in [1.54, 1.807) is 13.1 Å². The zero-order valence-electron chi connectivity index (χ0n) is 11.0. The van der Waals surface area contributed by atoms with E-state index in [2.05, 4.69) is 14.9 Å². The maximum atomic E-state index is 12.3. The van der Waals surface area contributed by atoms with E-state index in [1.165, 1.54) is 12.1 Å². The van der Waals surface area contributed by atoms with Gasteiger partial charge in [0.25, 0.3) is 0 Å². The van der Waals surface area contributed by atoms with Crippen molar-refractivity contribution < 1.29 is 13.5 Å². The van der Waals surface area contributed by atoms with Gasteiger partial charge in [0, 0.05) is 22.8 Å². The fraction of sp³-hybridized carbons (Fsp3) is 0.250. The van der Waals surface area contributed by atoms with Gasteiger partial charge in [0.1, 0.15) is 4.90 Å². The van der Waals surface area contributed by atoms with Gasteiger partial charge < -0.3 is 5.11 Å². The summed E-state index contributed by atoms with van der Waals surface area (Å²) in [5.74, 6) is 0. The van der Waals surface area contributed by atoms with Crippen molar-refractivity contribution in [3.8, 4) is 0 Å². The van der Waals surface area contributed by atoms with Gasteiger partial charge in [-0.05, 0) is 24.6 Å². The Labute approximate surface area is 132 Å². The van der Waals surface area contributed by atoms with Gasteiger partial charge in [-0.15, -0.1) is 0 Å². The zero-order chi connectivity index (χ0) is 15.6. The second kappa shape index (κ2) is 6.33. The Morgan fingerprint density at radius 1 is 1.29 bits per heavy atom. The van der Waals surface area contributed by atoms with E-state index < -0.39 is 10.0 Å². The summed E-state index contributed by atoms with van der Waals surface area (Å²) in [5.41, 5.74) is 1.79. The summed E-state index contributed by atoms with van der Waals surface area (Å²) < 4.78 is 27.0. The summed E-state index contributed by atoms with van der Waals surface area (Å²) in [7, 11) is -3.83. The summed E-state index contributed by atoms with van der Waals surface area (Å²) in [5, 5.41) is 15.9. The minimum atomic E-state index is -3.83. The molecule has 0 aliphatic carbocycles. The van der Waals surface area contributed by atoms with Crippen molar-refractivity contribution in [2.75, 3.05) is 0 Å².